The Bertz CT molecular complexity index is 896. The molecule has 0 saturated heterocycles. The topological polar surface area (TPSA) is 75.3 Å². The van der Waals surface area contributed by atoms with Crippen LogP contribution in [0.1, 0.15) is 25.3 Å². The average molecular weight is 393 g/mol. The minimum atomic E-state index is -3.81. The summed E-state index contributed by atoms with van der Waals surface area (Å²) in [4.78, 5) is 12.4. The first kappa shape index (κ1) is 18.9. The highest BCUT2D eigenvalue weighted by Gasteiger charge is 2.44. The van der Waals surface area contributed by atoms with E-state index in [1.54, 1.807) is 12.1 Å². The highest BCUT2D eigenvalue weighted by Crippen LogP contribution is 2.47. The molecule has 1 amide bonds. The third-order valence-corrected chi connectivity index (χ3v) is 6.45. The largest absolute Gasteiger partial charge is 0.354 e. The minimum absolute atomic E-state index is 0.0253. The zero-order valence-electron chi connectivity index (χ0n) is 14.4. The van der Waals surface area contributed by atoms with Crippen molar-refractivity contribution in [3.8, 4) is 0 Å². The molecule has 26 heavy (non-hydrogen) atoms. The lowest BCUT2D eigenvalue weighted by Gasteiger charge is -2.19. The van der Waals surface area contributed by atoms with Crippen LogP contribution in [0.15, 0.2) is 59.5 Å². The standard InChI is InChI=1S/C19H21ClN2O3S/c1-14(22-26(24,25)17-9-5-8-16(20)12-17)18(23)21-13-19(10-11-19)15-6-3-2-4-7-15/h2-9,12,14,22H,10-11,13H2,1H3,(H,21,23)/t14-/m0/s1. The van der Waals surface area contributed by atoms with Gasteiger partial charge < -0.3 is 5.32 Å². The van der Waals surface area contributed by atoms with Crippen molar-refractivity contribution in [3.63, 3.8) is 0 Å². The molecule has 0 bridgehead atoms. The normalized spacial score (nSPS) is 16.7. The second kappa shape index (κ2) is 7.39. The predicted molar refractivity (Wildman–Crippen MR) is 102 cm³/mol. The molecule has 2 aromatic carbocycles. The van der Waals surface area contributed by atoms with Crippen molar-refractivity contribution in [2.24, 2.45) is 0 Å². The van der Waals surface area contributed by atoms with E-state index in [-0.39, 0.29) is 16.2 Å². The molecule has 0 heterocycles. The molecule has 0 aromatic heterocycles. The second-order valence-electron chi connectivity index (χ2n) is 6.66. The lowest BCUT2D eigenvalue weighted by Crippen LogP contribution is -2.46. The number of nitrogens with one attached hydrogen (secondary N) is 2. The van der Waals surface area contributed by atoms with Crippen LogP contribution in [0.5, 0.6) is 0 Å². The molecule has 1 fully saturated rings. The van der Waals surface area contributed by atoms with Gasteiger partial charge in [-0.05, 0) is 43.5 Å². The van der Waals surface area contributed by atoms with Crippen LogP contribution in [0.2, 0.25) is 5.02 Å². The molecule has 0 unspecified atom stereocenters. The Morgan fingerprint density at radius 2 is 1.85 bits per heavy atom. The molecule has 1 aliphatic carbocycles. The molecule has 1 saturated carbocycles. The Morgan fingerprint density at radius 3 is 2.46 bits per heavy atom. The molecule has 0 aliphatic heterocycles. The van der Waals surface area contributed by atoms with Crippen LogP contribution >= 0.6 is 11.6 Å². The summed E-state index contributed by atoms with van der Waals surface area (Å²) in [5.74, 6) is -0.349. The fourth-order valence-electron chi connectivity index (χ4n) is 2.91. The fourth-order valence-corrected chi connectivity index (χ4v) is 4.41. The molecule has 3 rings (SSSR count). The summed E-state index contributed by atoms with van der Waals surface area (Å²) in [5, 5.41) is 3.20. The molecular weight excluding hydrogens is 372 g/mol. The fraction of sp³-hybridized carbons (Fsp3) is 0.316. The highest BCUT2D eigenvalue weighted by atomic mass is 35.5. The van der Waals surface area contributed by atoms with Gasteiger partial charge in [0.2, 0.25) is 15.9 Å². The molecule has 138 valence electrons. The number of amides is 1. The Morgan fingerprint density at radius 1 is 1.15 bits per heavy atom. The van der Waals surface area contributed by atoms with Gasteiger partial charge in [-0.3, -0.25) is 4.79 Å². The Hall–Kier alpha value is -1.89. The first-order valence-corrected chi connectivity index (χ1v) is 10.3. The molecule has 0 radical (unpaired) electrons. The smallest absolute Gasteiger partial charge is 0.241 e. The van der Waals surface area contributed by atoms with Crippen LogP contribution in [0.4, 0.5) is 0 Å². The van der Waals surface area contributed by atoms with Gasteiger partial charge in [0, 0.05) is 17.0 Å². The lowest BCUT2D eigenvalue weighted by atomic mass is 9.96. The molecule has 0 spiro atoms. The van der Waals surface area contributed by atoms with Crippen LogP contribution in [0.25, 0.3) is 0 Å². The Kier molecular flexibility index (Phi) is 5.37. The van der Waals surface area contributed by atoms with E-state index >= 15 is 0 Å². The quantitative estimate of drug-likeness (QED) is 0.760. The molecule has 7 heteroatoms. The number of carbonyl (C=O) groups excluding carboxylic acids is 1. The molecule has 2 N–H and O–H groups in total. The number of hydrogen-bond donors (Lipinski definition) is 2. The molecule has 2 aromatic rings. The van der Waals surface area contributed by atoms with E-state index in [9.17, 15) is 13.2 Å². The summed E-state index contributed by atoms with van der Waals surface area (Å²) in [7, 11) is -3.81. The summed E-state index contributed by atoms with van der Waals surface area (Å²) < 4.78 is 27.2. The maximum atomic E-state index is 12.4. The number of sulfonamides is 1. The van der Waals surface area contributed by atoms with Gasteiger partial charge in [-0.2, -0.15) is 4.72 Å². The first-order valence-electron chi connectivity index (χ1n) is 8.44. The van der Waals surface area contributed by atoms with Crippen molar-refractivity contribution in [1.29, 1.82) is 0 Å². The monoisotopic (exact) mass is 392 g/mol. The van der Waals surface area contributed by atoms with Crippen LogP contribution in [0.3, 0.4) is 0 Å². The van der Waals surface area contributed by atoms with Crippen molar-refractivity contribution in [2.45, 2.75) is 36.1 Å². The molecular formula is C19H21ClN2O3S. The lowest BCUT2D eigenvalue weighted by molar-refractivity contribution is -0.122. The number of benzene rings is 2. The summed E-state index contributed by atoms with van der Waals surface area (Å²) >= 11 is 5.84. The maximum Gasteiger partial charge on any atom is 0.241 e. The Balaban J connectivity index is 1.60. The van der Waals surface area contributed by atoms with E-state index in [0.717, 1.165) is 12.8 Å². The summed E-state index contributed by atoms with van der Waals surface area (Å²) in [6, 6.07) is 15.1. The zero-order chi connectivity index (χ0) is 18.8. The summed E-state index contributed by atoms with van der Waals surface area (Å²) in [5.41, 5.74) is 1.18. The van der Waals surface area contributed by atoms with Gasteiger partial charge in [0.25, 0.3) is 0 Å². The second-order valence-corrected chi connectivity index (χ2v) is 8.81. The SMILES string of the molecule is C[C@H](NS(=O)(=O)c1cccc(Cl)c1)C(=O)NCC1(c2ccccc2)CC1. The van der Waals surface area contributed by atoms with Crippen molar-refractivity contribution < 1.29 is 13.2 Å². The van der Waals surface area contributed by atoms with Crippen molar-refractivity contribution in [2.75, 3.05) is 6.54 Å². The van der Waals surface area contributed by atoms with Crippen molar-refractivity contribution >= 4 is 27.5 Å². The van der Waals surface area contributed by atoms with Crippen molar-refractivity contribution in [1.82, 2.24) is 10.0 Å². The average Bonchev–Trinajstić information content (AvgIpc) is 3.41. The van der Waals surface area contributed by atoms with Gasteiger partial charge in [0.05, 0.1) is 10.9 Å². The summed E-state index contributed by atoms with van der Waals surface area (Å²) in [6.07, 6.45) is 2.03. The summed E-state index contributed by atoms with van der Waals surface area (Å²) in [6.45, 7) is 2.03. The van der Waals surface area contributed by atoms with Gasteiger partial charge in [-0.25, -0.2) is 8.42 Å². The predicted octanol–water partition coefficient (Wildman–Crippen LogP) is 2.85. The van der Waals surface area contributed by atoms with E-state index in [1.165, 1.54) is 24.6 Å². The third kappa shape index (κ3) is 4.26. The van der Waals surface area contributed by atoms with Gasteiger partial charge in [-0.15, -0.1) is 0 Å². The highest BCUT2D eigenvalue weighted by molar-refractivity contribution is 7.89. The van der Waals surface area contributed by atoms with Crippen LogP contribution in [-0.4, -0.2) is 26.9 Å². The maximum absolute atomic E-state index is 12.4. The number of halogens is 1. The van der Waals surface area contributed by atoms with Crippen LogP contribution < -0.4 is 10.0 Å². The van der Waals surface area contributed by atoms with E-state index in [2.05, 4.69) is 22.2 Å². The molecule has 1 atom stereocenters. The van der Waals surface area contributed by atoms with Gasteiger partial charge in [0.15, 0.2) is 0 Å². The van der Waals surface area contributed by atoms with E-state index < -0.39 is 16.1 Å². The molecule has 5 nitrogen and oxygen atoms in total. The first-order chi connectivity index (χ1) is 12.3. The van der Waals surface area contributed by atoms with Crippen molar-refractivity contribution in [3.05, 3.63) is 65.2 Å². The number of carbonyl (C=O) groups is 1. The number of rotatable bonds is 7. The number of hydrogen-bond acceptors (Lipinski definition) is 3. The third-order valence-electron chi connectivity index (χ3n) is 4.67. The van der Waals surface area contributed by atoms with Gasteiger partial charge in [0.1, 0.15) is 0 Å². The van der Waals surface area contributed by atoms with Crippen LogP contribution in [0, 0.1) is 0 Å². The zero-order valence-corrected chi connectivity index (χ0v) is 16.0. The van der Waals surface area contributed by atoms with E-state index in [4.69, 9.17) is 11.6 Å². The minimum Gasteiger partial charge on any atom is -0.354 e. The van der Waals surface area contributed by atoms with Gasteiger partial charge >= 0.3 is 0 Å². The molecule has 1 aliphatic rings. The van der Waals surface area contributed by atoms with Crippen LogP contribution in [-0.2, 0) is 20.2 Å². The Labute approximate surface area is 158 Å². The van der Waals surface area contributed by atoms with E-state index in [1.807, 2.05) is 18.2 Å². The van der Waals surface area contributed by atoms with E-state index in [0.29, 0.717) is 11.6 Å². The van der Waals surface area contributed by atoms with Gasteiger partial charge in [-0.1, -0.05) is 48.0 Å².